The molecular formula is C18H36. The molecule has 0 heterocycles. The smallest absolute Gasteiger partial charge is 0.0127 e. The van der Waals surface area contributed by atoms with E-state index < -0.39 is 0 Å². The second-order valence-corrected chi connectivity index (χ2v) is 7.59. The molecule has 0 aliphatic heterocycles. The van der Waals surface area contributed by atoms with E-state index in [0.717, 1.165) is 0 Å². The summed E-state index contributed by atoms with van der Waals surface area (Å²) in [7, 11) is 0. The summed E-state index contributed by atoms with van der Waals surface area (Å²) in [5.74, 6) is 1.31. The second kappa shape index (κ2) is 7.16. The van der Waals surface area contributed by atoms with Gasteiger partial charge >= 0.3 is 0 Å². The zero-order valence-corrected chi connectivity index (χ0v) is 14.6. The van der Waals surface area contributed by atoms with Gasteiger partial charge in [-0.25, -0.2) is 0 Å². The molecule has 0 amide bonds. The minimum absolute atomic E-state index is 0.286. The molecule has 18 heavy (non-hydrogen) atoms. The molecular weight excluding hydrogens is 216 g/mol. The van der Waals surface area contributed by atoms with Crippen LogP contribution in [0.5, 0.6) is 0 Å². The Bertz CT molecular complexity index is 269. The fourth-order valence-corrected chi connectivity index (χ4v) is 1.36. The van der Waals surface area contributed by atoms with Crippen molar-refractivity contribution in [2.45, 2.75) is 69.2 Å². The first-order valence-corrected chi connectivity index (χ1v) is 7.09. The van der Waals surface area contributed by atoms with Crippen LogP contribution in [0.15, 0.2) is 24.3 Å². The van der Waals surface area contributed by atoms with Crippen LogP contribution >= 0.6 is 0 Å². The van der Waals surface area contributed by atoms with Crippen molar-refractivity contribution in [1.29, 1.82) is 0 Å². The van der Waals surface area contributed by atoms with E-state index in [9.17, 15) is 0 Å². The van der Waals surface area contributed by atoms with Gasteiger partial charge in [-0.05, 0) is 29.6 Å². The lowest BCUT2D eigenvalue weighted by Crippen LogP contribution is -2.19. The van der Waals surface area contributed by atoms with Crippen LogP contribution in [0.25, 0.3) is 0 Å². The molecule has 0 radical (unpaired) electrons. The van der Waals surface area contributed by atoms with Crippen LogP contribution in [0.2, 0.25) is 0 Å². The quantitative estimate of drug-likeness (QED) is 0.504. The van der Waals surface area contributed by atoms with Crippen LogP contribution in [0.1, 0.15) is 69.2 Å². The number of hydrogen-bond donors (Lipinski definition) is 0. The summed E-state index contributed by atoms with van der Waals surface area (Å²) in [5.41, 5.74) is 3.20. The van der Waals surface area contributed by atoms with E-state index in [4.69, 9.17) is 0 Å². The molecule has 0 fully saturated rings. The van der Waals surface area contributed by atoms with Gasteiger partial charge in [-0.2, -0.15) is 0 Å². The maximum Gasteiger partial charge on any atom is -0.0127 e. The van der Waals surface area contributed by atoms with Gasteiger partial charge < -0.3 is 0 Å². The van der Waals surface area contributed by atoms with E-state index in [-0.39, 0.29) is 5.41 Å². The average molecular weight is 252 g/mol. The molecule has 108 valence electrons. The van der Waals surface area contributed by atoms with Gasteiger partial charge in [0.25, 0.3) is 0 Å². The SMILES string of the molecule is C=C(C(C)C)C(C)(C)C.C=C(C)C(C)(C)C(C)C. The molecule has 0 saturated carbocycles. The van der Waals surface area contributed by atoms with Gasteiger partial charge in [0, 0.05) is 0 Å². The van der Waals surface area contributed by atoms with Crippen LogP contribution in [0.4, 0.5) is 0 Å². The van der Waals surface area contributed by atoms with Gasteiger partial charge in [0.1, 0.15) is 0 Å². The first-order valence-electron chi connectivity index (χ1n) is 7.09. The van der Waals surface area contributed by atoms with E-state index in [1.807, 2.05) is 0 Å². The molecule has 0 aromatic rings. The van der Waals surface area contributed by atoms with Gasteiger partial charge in [0.05, 0.1) is 0 Å². The van der Waals surface area contributed by atoms with Crippen LogP contribution in [-0.4, -0.2) is 0 Å². The van der Waals surface area contributed by atoms with Gasteiger partial charge in [-0.15, -0.1) is 0 Å². The third-order valence-electron chi connectivity index (χ3n) is 4.20. The highest BCUT2D eigenvalue weighted by Crippen LogP contribution is 2.32. The lowest BCUT2D eigenvalue weighted by molar-refractivity contribution is 0.311. The van der Waals surface area contributed by atoms with Gasteiger partial charge in [-0.1, -0.05) is 86.6 Å². The number of hydrogen-bond acceptors (Lipinski definition) is 0. The summed E-state index contributed by atoms with van der Waals surface area (Å²) >= 11 is 0. The monoisotopic (exact) mass is 252 g/mol. The Hall–Kier alpha value is -0.520. The Morgan fingerprint density at radius 3 is 1.17 bits per heavy atom. The van der Waals surface area contributed by atoms with Crippen molar-refractivity contribution in [3.63, 3.8) is 0 Å². The molecule has 0 aromatic heterocycles. The molecule has 0 saturated heterocycles. The maximum absolute atomic E-state index is 4.03. The maximum atomic E-state index is 4.03. The molecule has 0 aliphatic carbocycles. The highest BCUT2D eigenvalue weighted by molar-refractivity contribution is 5.07. The lowest BCUT2D eigenvalue weighted by atomic mass is 9.76. The predicted molar refractivity (Wildman–Crippen MR) is 86.9 cm³/mol. The van der Waals surface area contributed by atoms with E-state index >= 15 is 0 Å². The fourth-order valence-electron chi connectivity index (χ4n) is 1.36. The van der Waals surface area contributed by atoms with E-state index in [0.29, 0.717) is 17.3 Å². The van der Waals surface area contributed by atoms with Gasteiger partial charge in [0.2, 0.25) is 0 Å². The summed E-state index contributed by atoms with van der Waals surface area (Å²) < 4.78 is 0. The van der Waals surface area contributed by atoms with Gasteiger partial charge in [-0.3, -0.25) is 0 Å². The highest BCUT2D eigenvalue weighted by atomic mass is 14.3. The van der Waals surface area contributed by atoms with E-state index in [1.165, 1.54) is 11.1 Å². The zero-order chi connectivity index (χ0) is 15.3. The Balaban J connectivity index is 0. The summed E-state index contributed by atoms with van der Waals surface area (Å²) in [5, 5.41) is 0. The van der Waals surface area contributed by atoms with Crippen molar-refractivity contribution in [3.05, 3.63) is 24.3 Å². The van der Waals surface area contributed by atoms with Crippen molar-refractivity contribution < 1.29 is 0 Å². The summed E-state index contributed by atoms with van der Waals surface area (Å²) in [4.78, 5) is 0. The Morgan fingerprint density at radius 1 is 0.833 bits per heavy atom. The first-order chi connectivity index (χ1) is 7.74. The highest BCUT2D eigenvalue weighted by Gasteiger charge is 2.22. The zero-order valence-electron chi connectivity index (χ0n) is 14.6. The molecule has 0 N–H and O–H groups in total. The minimum Gasteiger partial charge on any atom is -0.0996 e. The van der Waals surface area contributed by atoms with Gasteiger partial charge in [0.15, 0.2) is 0 Å². The molecule has 0 atom stereocenters. The Morgan fingerprint density at radius 2 is 1.17 bits per heavy atom. The normalized spacial score (nSPS) is 12.2. The summed E-state index contributed by atoms with van der Waals surface area (Å²) in [6.45, 7) is 30.0. The molecule has 0 aliphatic rings. The minimum atomic E-state index is 0.286. The van der Waals surface area contributed by atoms with Crippen LogP contribution in [-0.2, 0) is 0 Å². The molecule has 0 heteroatoms. The number of allylic oxidation sites excluding steroid dienone is 2. The Kier molecular flexibility index (Phi) is 7.88. The standard InChI is InChI=1S/2C9H18/c1-7(2)8(3)9(4,5)6;1-7(2)9(5,6)8(3)4/h7H,3H2,1-2,4-6H3;8H,1H2,2-6H3. The molecule has 0 bridgehead atoms. The third kappa shape index (κ3) is 7.03. The van der Waals surface area contributed by atoms with Crippen molar-refractivity contribution in [2.24, 2.45) is 22.7 Å². The van der Waals surface area contributed by atoms with Crippen molar-refractivity contribution in [1.82, 2.24) is 0 Å². The summed E-state index contributed by atoms with van der Waals surface area (Å²) in [6.07, 6.45) is 0. The summed E-state index contributed by atoms with van der Waals surface area (Å²) in [6, 6.07) is 0. The largest absolute Gasteiger partial charge is 0.0996 e. The van der Waals surface area contributed by atoms with Crippen molar-refractivity contribution in [2.75, 3.05) is 0 Å². The number of rotatable bonds is 3. The Labute approximate surface area is 117 Å². The molecule has 0 nitrogen and oxygen atoms in total. The third-order valence-corrected chi connectivity index (χ3v) is 4.20. The van der Waals surface area contributed by atoms with Crippen LogP contribution < -0.4 is 0 Å². The molecule has 0 spiro atoms. The predicted octanol–water partition coefficient (Wildman–Crippen LogP) is 6.49. The molecule has 0 aromatic carbocycles. The first kappa shape index (κ1) is 19.8. The van der Waals surface area contributed by atoms with Crippen molar-refractivity contribution in [3.8, 4) is 0 Å². The second-order valence-electron chi connectivity index (χ2n) is 7.59. The van der Waals surface area contributed by atoms with Crippen LogP contribution in [0.3, 0.4) is 0 Å². The topological polar surface area (TPSA) is 0 Å². The van der Waals surface area contributed by atoms with Crippen LogP contribution in [0, 0.1) is 22.7 Å². The fraction of sp³-hybridized carbons (Fsp3) is 0.778. The van der Waals surface area contributed by atoms with E-state index in [2.05, 4.69) is 82.4 Å². The molecule has 0 unspecified atom stereocenters. The average Bonchev–Trinajstić information content (AvgIpc) is 2.15. The lowest BCUT2D eigenvalue weighted by Gasteiger charge is -2.29. The molecule has 0 rings (SSSR count). The van der Waals surface area contributed by atoms with Crippen molar-refractivity contribution >= 4 is 0 Å². The van der Waals surface area contributed by atoms with E-state index in [1.54, 1.807) is 0 Å².